The Labute approximate surface area is 114 Å². The predicted octanol–water partition coefficient (Wildman–Crippen LogP) is 1.44. The number of carbonyl (C=O) groups is 1. The predicted molar refractivity (Wildman–Crippen MR) is 74.5 cm³/mol. The number of rotatable bonds is 4. The number of anilines is 1. The van der Waals surface area contributed by atoms with Gasteiger partial charge in [-0.15, -0.1) is 0 Å². The van der Waals surface area contributed by atoms with Crippen LogP contribution in [0, 0.1) is 0 Å². The first-order chi connectivity index (χ1) is 9.09. The van der Waals surface area contributed by atoms with E-state index >= 15 is 0 Å². The Morgan fingerprint density at radius 1 is 1.58 bits per heavy atom. The van der Waals surface area contributed by atoms with E-state index in [1.165, 1.54) is 0 Å². The van der Waals surface area contributed by atoms with Crippen LogP contribution >= 0.6 is 0 Å². The van der Waals surface area contributed by atoms with Gasteiger partial charge in [0.25, 0.3) is 0 Å². The molecule has 1 aromatic rings. The van der Waals surface area contributed by atoms with Crippen LogP contribution in [0.4, 0.5) is 5.82 Å². The zero-order valence-corrected chi connectivity index (χ0v) is 11.7. The lowest BCUT2D eigenvalue weighted by Gasteiger charge is -2.26. The lowest BCUT2D eigenvalue weighted by molar-refractivity contribution is 0.0378. The third-order valence-corrected chi connectivity index (χ3v) is 3.27. The summed E-state index contributed by atoms with van der Waals surface area (Å²) >= 11 is 0. The van der Waals surface area contributed by atoms with Crippen molar-refractivity contribution in [2.24, 2.45) is 0 Å². The van der Waals surface area contributed by atoms with Crippen LogP contribution in [0.2, 0.25) is 0 Å². The molecule has 1 fully saturated rings. The van der Waals surface area contributed by atoms with Gasteiger partial charge >= 0.3 is 5.97 Å². The fourth-order valence-corrected chi connectivity index (χ4v) is 2.26. The average molecular weight is 263 g/mol. The SMILES string of the molecule is CC(C)OC(=O)c1cccnc1N(C)C1CCNC1. The number of nitrogens with one attached hydrogen (secondary N) is 1. The molecule has 1 atom stereocenters. The number of aromatic nitrogens is 1. The molecular formula is C14H21N3O2. The summed E-state index contributed by atoms with van der Waals surface area (Å²) in [4.78, 5) is 18.5. The van der Waals surface area contributed by atoms with E-state index in [0.717, 1.165) is 19.5 Å². The van der Waals surface area contributed by atoms with Crippen LogP contribution in [0.5, 0.6) is 0 Å². The van der Waals surface area contributed by atoms with Crippen molar-refractivity contribution >= 4 is 11.8 Å². The van der Waals surface area contributed by atoms with E-state index in [9.17, 15) is 4.79 Å². The van der Waals surface area contributed by atoms with Crippen molar-refractivity contribution in [1.82, 2.24) is 10.3 Å². The molecule has 1 aliphatic rings. The molecule has 0 amide bonds. The standard InChI is InChI=1S/C14H21N3O2/c1-10(2)19-14(18)12-5-4-7-16-13(12)17(3)11-6-8-15-9-11/h4-5,7,10-11,15H,6,8-9H2,1-3H3. The second kappa shape index (κ2) is 6.02. The molecule has 5 heteroatoms. The number of pyridine rings is 1. The van der Waals surface area contributed by atoms with Gasteiger partial charge in [-0.3, -0.25) is 0 Å². The molecular weight excluding hydrogens is 242 g/mol. The van der Waals surface area contributed by atoms with E-state index in [1.807, 2.05) is 20.9 Å². The largest absolute Gasteiger partial charge is 0.459 e. The molecule has 1 unspecified atom stereocenters. The lowest BCUT2D eigenvalue weighted by atomic mass is 10.2. The molecule has 1 aromatic heterocycles. The molecule has 2 rings (SSSR count). The van der Waals surface area contributed by atoms with Crippen molar-refractivity contribution in [2.45, 2.75) is 32.4 Å². The summed E-state index contributed by atoms with van der Waals surface area (Å²) in [6.07, 6.45) is 2.64. The number of nitrogens with zero attached hydrogens (tertiary/aromatic N) is 2. The maximum absolute atomic E-state index is 12.1. The van der Waals surface area contributed by atoms with E-state index in [-0.39, 0.29) is 12.1 Å². The van der Waals surface area contributed by atoms with Gasteiger partial charge in [0.2, 0.25) is 0 Å². The number of esters is 1. The number of ether oxygens (including phenoxy) is 1. The first-order valence-corrected chi connectivity index (χ1v) is 6.69. The summed E-state index contributed by atoms with van der Waals surface area (Å²) in [6.45, 7) is 5.62. The number of likely N-dealkylation sites (N-methyl/N-ethyl adjacent to an activating group) is 1. The molecule has 1 saturated heterocycles. The Kier molecular flexibility index (Phi) is 4.37. The van der Waals surface area contributed by atoms with E-state index in [2.05, 4.69) is 15.2 Å². The monoisotopic (exact) mass is 263 g/mol. The van der Waals surface area contributed by atoms with Gasteiger partial charge in [-0.2, -0.15) is 0 Å². The molecule has 104 valence electrons. The third-order valence-electron chi connectivity index (χ3n) is 3.27. The average Bonchev–Trinajstić information content (AvgIpc) is 2.91. The van der Waals surface area contributed by atoms with Gasteiger partial charge < -0.3 is 15.0 Å². The number of carbonyl (C=O) groups excluding carboxylic acids is 1. The van der Waals surface area contributed by atoms with Crippen molar-refractivity contribution < 1.29 is 9.53 Å². The molecule has 0 bridgehead atoms. The van der Waals surface area contributed by atoms with Crippen LogP contribution < -0.4 is 10.2 Å². The summed E-state index contributed by atoms with van der Waals surface area (Å²) in [5.74, 6) is 0.387. The Balaban J connectivity index is 2.22. The molecule has 5 nitrogen and oxygen atoms in total. The summed E-state index contributed by atoms with van der Waals surface area (Å²) in [6, 6.07) is 3.91. The Morgan fingerprint density at radius 2 is 2.37 bits per heavy atom. The van der Waals surface area contributed by atoms with E-state index in [0.29, 0.717) is 17.4 Å². The smallest absolute Gasteiger partial charge is 0.342 e. The fourth-order valence-electron chi connectivity index (χ4n) is 2.26. The lowest BCUT2D eigenvalue weighted by Crippen LogP contribution is -2.35. The van der Waals surface area contributed by atoms with Crippen LogP contribution in [0.1, 0.15) is 30.6 Å². The molecule has 0 spiro atoms. The Hall–Kier alpha value is -1.62. The van der Waals surface area contributed by atoms with Crippen LogP contribution in [0.3, 0.4) is 0 Å². The molecule has 1 N–H and O–H groups in total. The molecule has 19 heavy (non-hydrogen) atoms. The van der Waals surface area contributed by atoms with Crippen LogP contribution in [-0.4, -0.2) is 43.2 Å². The minimum atomic E-state index is -0.309. The highest BCUT2D eigenvalue weighted by Crippen LogP contribution is 2.21. The molecule has 0 aliphatic carbocycles. The van der Waals surface area contributed by atoms with Crippen molar-refractivity contribution in [3.05, 3.63) is 23.9 Å². The van der Waals surface area contributed by atoms with Crippen molar-refractivity contribution in [3.63, 3.8) is 0 Å². The molecule has 0 radical (unpaired) electrons. The summed E-state index contributed by atoms with van der Waals surface area (Å²) in [5, 5.41) is 3.32. The fraction of sp³-hybridized carbons (Fsp3) is 0.571. The van der Waals surface area contributed by atoms with Crippen LogP contribution in [0.15, 0.2) is 18.3 Å². The third kappa shape index (κ3) is 3.23. The van der Waals surface area contributed by atoms with Crippen LogP contribution in [0.25, 0.3) is 0 Å². The number of hydrogen-bond donors (Lipinski definition) is 1. The van der Waals surface area contributed by atoms with Gasteiger partial charge in [-0.05, 0) is 38.9 Å². The minimum Gasteiger partial charge on any atom is -0.459 e. The second-order valence-electron chi connectivity index (χ2n) is 5.09. The van der Waals surface area contributed by atoms with Gasteiger partial charge in [0.15, 0.2) is 0 Å². The summed E-state index contributed by atoms with van der Waals surface area (Å²) in [5.41, 5.74) is 0.533. The normalized spacial score (nSPS) is 18.6. The van der Waals surface area contributed by atoms with Crippen molar-refractivity contribution in [2.75, 3.05) is 25.0 Å². The summed E-state index contributed by atoms with van der Waals surface area (Å²) in [7, 11) is 1.98. The Morgan fingerprint density at radius 3 is 3.00 bits per heavy atom. The van der Waals surface area contributed by atoms with Crippen molar-refractivity contribution in [3.8, 4) is 0 Å². The highest BCUT2D eigenvalue weighted by atomic mass is 16.5. The van der Waals surface area contributed by atoms with Gasteiger partial charge in [-0.25, -0.2) is 9.78 Å². The minimum absolute atomic E-state index is 0.126. The highest BCUT2D eigenvalue weighted by Gasteiger charge is 2.24. The van der Waals surface area contributed by atoms with Gasteiger partial charge in [-0.1, -0.05) is 0 Å². The second-order valence-corrected chi connectivity index (χ2v) is 5.09. The molecule has 0 aromatic carbocycles. The van der Waals surface area contributed by atoms with E-state index < -0.39 is 0 Å². The highest BCUT2D eigenvalue weighted by molar-refractivity contribution is 5.94. The van der Waals surface area contributed by atoms with Gasteiger partial charge in [0, 0.05) is 25.8 Å². The first-order valence-electron chi connectivity index (χ1n) is 6.69. The topological polar surface area (TPSA) is 54.5 Å². The quantitative estimate of drug-likeness (QED) is 0.833. The van der Waals surface area contributed by atoms with E-state index in [1.54, 1.807) is 18.3 Å². The maximum atomic E-state index is 12.1. The van der Waals surface area contributed by atoms with Gasteiger partial charge in [0.1, 0.15) is 11.4 Å². The van der Waals surface area contributed by atoms with E-state index in [4.69, 9.17) is 4.74 Å². The van der Waals surface area contributed by atoms with Crippen LogP contribution in [-0.2, 0) is 4.74 Å². The van der Waals surface area contributed by atoms with Crippen molar-refractivity contribution in [1.29, 1.82) is 0 Å². The zero-order chi connectivity index (χ0) is 13.8. The molecule has 0 saturated carbocycles. The summed E-state index contributed by atoms with van der Waals surface area (Å²) < 4.78 is 5.27. The number of hydrogen-bond acceptors (Lipinski definition) is 5. The zero-order valence-electron chi connectivity index (χ0n) is 11.7. The maximum Gasteiger partial charge on any atom is 0.342 e. The van der Waals surface area contributed by atoms with Gasteiger partial charge in [0.05, 0.1) is 6.10 Å². The first kappa shape index (κ1) is 13.8. The molecule has 2 heterocycles. The Bertz CT molecular complexity index is 442. The molecule has 1 aliphatic heterocycles.